The second kappa shape index (κ2) is 7.53. The second-order valence-electron chi connectivity index (χ2n) is 6.81. The van der Waals surface area contributed by atoms with E-state index in [1.54, 1.807) is 32.0 Å². The zero-order chi connectivity index (χ0) is 20.3. The third kappa shape index (κ3) is 3.71. The van der Waals surface area contributed by atoms with Crippen LogP contribution in [0.1, 0.15) is 24.2 Å². The first-order chi connectivity index (χ1) is 13.3. The Labute approximate surface area is 162 Å². The molecule has 1 heterocycles. The summed E-state index contributed by atoms with van der Waals surface area (Å²) in [6.07, 6.45) is 0. The van der Waals surface area contributed by atoms with E-state index in [0.29, 0.717) is 16.7 Å². The van der Waals surface area contributed by atoms with E-state index in [1.165, 1.54) is 11.9 Å². The lowest BCUT2D eigenvalue weighted by Gasteiger charge is -2.28. The highest BCUT2D eigenvalue weighted by atomic mass is 16.5. The van der Waals surface area contributed by atoms with Crippen LogP contribution in [0.4, 0.5) is 0 Å². The van der Waals surface area contributed by atoms with Gasteiger partial charge in [0.05, 0.1) is 17.0 Å². The maximum absolute atomic E-state index is 12.4. The molecule has 0 spiro atoms. The van der Waals surface area contributed by atoms with Gasteiger partial charge in [0.1, 0.15) is 11.1 Å². The van der Waals surface area contributed by atoms with Crippen molar-refractivity contribution in [2.75, 3.05) is 13.7 Å². The van der Waals surface area contributed by atoms with Gasteiger partial charge in [-0.05, 0) is 32.0 Å². The molecule has 0 unspecified atom stereocenters. The number of esters is 1. The number of nitrogens with zero attached hydrogens (tertiary/aromatic N) is 3. The Hall–Kier alpha value is -3.66. The average molecular weight is 377 g/mol. The van der Waals surface area contributed by atoms with Gasteiger partial charge in [0.15, 0.2) is 12.4 Å². The van der Waals surface area contributed by atoms with Gasteiger partial charge in [-0.3, -0.25) is 4.79 Å². The summed E-state index contributed by atoms with van der Waals surface area (Å²) in [6, 6.07) is 16.3. The van der Waals surface area contributed by atoms with Gasteiger partial charge in [0.2, 0.25) is 0 Å². The molecule has 0 N–H and O–H groups in total. The van der Waals surface area contributed by atoms with Crippen LogP contribution < -0.4 is 0 Å². The molecule has 3 aromatic rings. The topological polar surface area (TPSA) is 96.4 Å². The molecule has 3 rings (SSSR count). The fourth-order valence-corrected chi connectivity index (χ4v) is 2.56. The van der Waals surface area contributed by atoms with Crippen LogP contribution in [-0.4, -0.2) is 41.1 Å². The van der Waals surface area contributed by atoms with E-state index in [4.69, 9.17) is 14.5 Å². The third-order valence-corrected chi connectivity index (χ3v) is 4.56. The van der Waals surface area contributed by atoms with Crippen molar-refractivity contribution in [1.82, 2.24) is 10.1 Å². The van der Waals surface area contributed by atoms with E-state index in [2.05, 4.69) is 5.16 Å². The Morgan fingerprint density at radius 2 is 1.93 bits per heavy atom. The second-order valence-corrected chi connectivity index (χ2v) is 6.81. The lowest BCUT2D eigenvalue weighted by Crippen LogP contribution is -2.45. The lowest BCUT2D eigenvalue weighted by molar-refractivity contribution is -0.136. The Bertz CT molecular complexity index is 1060. The highest BCUT2D eigenvalue weighted by Crippen LogP contribution is 2.29. The van der Waals surface area contributed by atoms with Gasteiger partial charge in [-0.15, -0.1) is 0 Å². The number of hydrogen-bond donors (Lipinski definition) is 0. The maximum atomic E-state index is 12.4. The first-order valence-electron chi connectivity index (χ1n) is 8.63. The van der Waals surface area contributed by atoms with Crippen molar-refractivity contribution in [3.63, 3.8) is 0 Å². The van der Waals surface area contributed by atoms with Crippen molar-refractivity contribution >= 4 is 22.8 Å². The summed E-state index contributed by atoms with van der Waals surface area (Å²) in [7, 11) is 1.49. The van der Waals surface area contributed by atoms with Crippen LogP contribution in [-0.2, 0) is 9.53 Å². The minimum atomic E-state index is -0.991. The molecule has 28 heavy (non-hydrogen) atoms. The molecule has 0 atom stereocenters. The van der Waals surface area contributed by atoms with Gasteiger partial charge < -0.3 is 14.2 Å². The van der Waals surface area contributed by atoms with Gasteiger partial charge in [-0.1, -0.05) is 35.5 Å². The van der Waals surface area contributed by atoms with Gasteiger partial charge in [0.25, 0.3) is 5.91 Å². The number of carbonyl (C=O) groups excluding carboxylic acids is 2. The molecule has 0 fully saturated rings. The predicted molar refractivity (Wildman–Crippen MR) is 102 cm³/mol. The molecule has 7 heteroatoms. The number of benzene rings is 2. The molecule has 142 valence electrons. The number of rotatable bonds is 5. The van der Waals surface area contributed by atoms with Crippen LogP contribution in [0.5, 0.6) is 0 Å². The Balaban J connectivity index is 1.78. The monoisotopic (exact) mass is 377 g/mol. The summed E-state index contributed by atoms with van der Waals surface area (Å²) in [5.41, 5.74) is 0.742. The van der Waals surface area contributed by atoms with Gasteiger partial charge in [-0.25, -0.2) is 4.79 Å². The maximum Gasteiger partial charge on any atom is 0.338 e. The summed E-state index contributed by atoms with van der Waals surface area (Å²) in [6.45, 7) is 2.77. The molecule has 0 aliphatic rings. The fourth-order valence-electron chi connectivity index (χ4n) is 2.56. The number of aromatic nitrogens is 1. The molecule has 7 nitrogen and oxygen atoms in total. The molecule has 2 aromatic carbocycles. The molecule has 1 aromatic heterocycles. The SMILES string of the molecule is CN(C(=O)COC(=O)c1ccc2noc(-c3ccccc3)c2c1)C(C)(C)C#N. The zero-order valence-corrected chi connectivity index (χ0v) is 15.8. The van der Waals surface area contributed by atoms with Gasteiger partial charge in [0, 0.05) is 12.6 Å². The van der Waals surface area contributed by atoms with E-state index in [-0.39, 0.29) is 5.56 Å². The summed E-state index contributed by atoms with van der Waals surface area (Å²) in [5.74, 6) is -0.550. The largest absolute Gasteiger partial charge is 0.452 e. The molecular formula is C21H19N3O4. The Morgan fingerprint density at radius 3 is 2.61 bits per heavy atom. The molecule has 0 aliphatic carbocycles. The van der Waals surface area contributed by atoms with Crippen molar-refractivity contribution in [3.8, 4) is 17.4 Å². The highest BCUT2D eigenvalue weighted by Gasteiger charge is 2.28. The summed E-state index contributed by atoms with van der Waals surface area (Å²) >= 11 is 0. The minimum absolute atomic E-state index is 0.280. The Morgan fingerprint density at radius 1 is 1.21 bits per heavy atom. The van der Waals surface area contributed by atoms with Crippen LogP contribution in [0.3, 0.4) is 0 Å². The smallest absolute Gasteiger partial charge is 0.338 e. The van der Waals surface area contributed by atoms with Crippen molar-refractivity contribution in [1.29, 1.82) is 5.26 Å². The van der Waals surface area contributed by atoms with E-state index < -0.39 is 24.0 Å². The first kappa shape index (κ1) is 19.1. The van der Waals surface area contributed by atoms with Crippen molar-refractivity contribution < 1.29 is 18.8 Å². The molecule has 0 saturated heterocycles. The first-order valence-corrected chi connectivity index (χ1v) is 8.63. The van der Waals surface area contributed by atoms with Crippen molar-refractivity contribution in [2.45, 2.75) is 19.4 Å². The van der Waals surface area contributed by atoms with E-state index in [1.807, 2.05) is 36.4 Å². The summed E-state index contributed by atoms with van der Waals surface area (Å²) in [4.78, 5) is 25.8. The molecular weight excluding hydrogens is 358 g/mol. The lowest BCUT2D eigenvalue weighted by atomic mass is 10.1. The molecule has 0 saturated carbocycles. The number of hydrogen-bond acceptors (Lipinski definition) is 6. The normalized spacial score (nSPS) is 11.1. The summed E-state index contributed by atoms with van der Waals surface area (Å²) < 4.78 is 10.6. The van der Waals surface area contributed by atoms with Crippen LogP contribution in [0.25, 0.3) is 22.2 Å². The predicted octanol–water partition coefficient (Wildman–Crippen LogP) is 3.41. The quantitative estimate of drug-likeness (QED) is 0.632. The van der Waals surface area contributed by atoms with Crippen LogP contribution in [0.15, 0.2) is 53.1 Å². The number of fused-ring (bicyclic) bond motifs is 1. The summed E-state index contributed by atoms with van der Waals surface area (Å²) in [5, 5.41) is 13.8. The zero-order valence-electron chi connectivity index (χ0n) is 15.8. The highest BCUT2D eigenvalue weighted by molar-refractivity contribution is 5.99. The molecule has 0 bridgehead atoms. The number of ether oxygens (including phenoxy) is 1. The third-order valence-electron chi connectivity index (χ3n) is 4.56. The molecule has 1 amide bonds. The fraction of sp³-hybridized carbons (Fsp3) is 0.238. The Kier molecular flexibility index (Phi) is 5.14. The minimum Gasteiger partial charge on any atom is -0.452 e. The average Bonchev–Trinajstić information content (AvgIpc) is 3.15. The van der Waals surface area contributed by atoms with Crippen LogP contribution in [0, 0.1) is 11.3 Å². The number of likely N-dealkylation sites (N-methyl/N-ethyl adjacent to an activating group) is 1. The van der Waals surface area contributed by atoms with Crippen LogP contribution in [0.2, 0.25) is 0 Å². The van der Waals surface area contributed by atoms with E-state index in [9.17, 15) is 9.59 Å². The van der Waals surface area contributed by atoms with E-state index in [0.717, 1.165) is 5.56 Å². The molecule has 0 aliphatic heterocycles. The van der Waals surface area contributed by atoms with Gasteiger partial charge in [-0.2, -0.15) is 5.26 Å². The van der Waals surface area contributed by atoms with Crippen molar-refractivity contribution in [3.05, 3.63) is 54.1 Å². The number of amides is 1. The number of carbonyl (C=O) groups is 2. The van der Waals surface area contributed by atoms with E-state index >= 15 is 0 Å². The standard InChI is InChI=1S/C21H19N3O4/c1-21(2,13-22)24(3)18(25)12-27-20(26)15-9-10-17-16(11-15)19(28-23-17)14-7-5-4-6-8-14/h4-11H,12H2,1-3H3. The molecule has 0 radical (unpaired) electrons. The number of nitriles is 1. The van der Waals surface area contributed by atoms with Crippen molar-refractivity contribution in [2.24, 2.45) is 0 Å². The van der Waals surface area contributed by atoms with Gasteiger partial charge >= 0.3 is 5.97 Å². The van der Waals surface area contributed by atoms with Crippen LogP contribution >= 0.6 is 0 Å².